The van der Waals surface area contributed by atoms with Crippen molar-refractivity contribution in [2.24, 2.45) is 7.05 Å². The van der Waals surface area contributed by atoms with Crippen molar-refractivity contribution in [1.82, 2.24) is 20.0 Å². The van der Waals surface area contributed by atoms with E-state index in [0.29, 0.717) is 5.82 Å². The highest BCUT2D eigenvalue weighted by Crippen LogP contribution is 2.21. The van der Waals surface area contributed by atoms with E-state index >= 15 is 0 Å². The molecule has 2 aromatic rings. The molecule has 84 valence electrons. The fourth-order valence-corrected chi connectivity index (χ4v) is 1.66. The third-order valence-corrected chi connectivity index (χ3v) is 2.35. The van der Waals surface area contributed by atoms with Crippen LogP contribution in [0.2, 0.25) is 0 Å². The summed E-state index contributed by atoms with van der Waals surface area (Å²) in [7, 11) is 1.91. The van der Waals surface area contributed by atoms with Crippen LogP contribution in [-0.2, 0) is 13.5 Å². The molecule has 0 bridgehead atoms. The van der Waals surface area contributed by atoms with Crippen molar-refractivity contribution < 1.29 is 0 Å². The Hall–Kier alpha value is -1.91. The molecule has 2 aromatic heterocycles. The fourth-order valence-electron chi connectivity index (χ4n) is 1.66. The Labute approximate surface area is 94.3 Å². The third-order valence-electron chi connectivity index (χ3n) is 2.35. The van der Waals surface area contributed by atoms with E-state index in [-0.39, 0.29) is 0 Å². The van der Waals surface area contributed by atoms with Crippen LogP contribution < -0.4 is 5.73 Å². The lowest BCUT2D eigenvalue weighted by atomic mass is 10.1. The number of nitrogens with two attached hydrogens (primary N) is 1. The standard InChI is InChI=1S/C11H15N5/c1-3-4-10-8(7-16(2)15-10)9-5-6-11(12)14-13-9/h5-7H,3-4H2,1-2H3,(H2,12,14). The van der Waals surface area contributed by atoms with E-state index in [9.17, 15) is 0 Å². The van der Waals surface area contributed by atoms with Crippen LogP contribution in [0.1, 0.15) is 19.0 Å². The van der Waals surface area contributed by atoms with Crippen molar-refractivity contribution in [3.63, 3.8) is 0 Å². The number of aryl methyl sites for hydroxylation is 2. The van der Waals surface area contributed by atoms with E-state index < -0.39 is 0 Å². The Morgan fingerprint density at radius 2 is 2.12 bits per heavy atom. The van der Waals surface area contributed by atoms with Crippen LogP contribution in [0.3, 0.4) is 0 Å². The molecular weight excluding hydrogens is 202 g/mol. The van der Waals surface area contributed by atoms with E-state index in [1.807, 2.05) is 19.3 Å². The first-order valence-corrected chi connectivity index (χ1v) is 5.32. The maximum atomic E-state index is 5.51. The first-order valence-electron chi connectivity index (χ1n) is 5.32. The molecule has 0 aliphatic rings. The number of nitrogen functional groups attached to an aromatic ring is 1. The van der Waals surface area contributed by atoms with Gasteiger partial charge in [-0.1, -0.05) is 13.3 Å². The third kappa shape index (κ3) is 2.03. The SMILES string of the molecule is CCCc1nn(C)cc1-c1ccc(N)nn1. The summed E-state index contributed by atoms with van der Waals surface area (Å²) in [5, 5.41) is 12.3. The summed E-state index contributed by atoms with van der Waals surface area (Å²) in [5.41, 5.74) is 8.44. The van der Waals surface area contributed by atoms with Gasteiger partial charge in [0.1, 0.15) is 5.82 Å². The van der Waals surface area contributed by atoms with E-state index in [0.717, 1.165) is 29.8 Å². The highest BCUT2D eigenvalue weighted by Gasteiger charge is 2.10. The Morgan fingerprint density at radius 1 is 1.31 bits per heavy atom. The Balaban J connectivity index is 2.42. The second kappa shape index (κ2) is 4.30. The molecule has 2 N–H and O–H groups in total. The molecule has 0 spiro atoms. The van der Waals surface area contributed by atoms with Gasteiger partial charge in [-0.15, -0.1) is 10.2 Å². The largest absolute Gasteiger partial charge is 0.382 e. The number of nitrogens with zero attached hydrogens (tertiary/aromatic N) is 4. The van der Waals surface area contributed by atoms with Crippen LogP contribution in [0.5, 0.6) is 0 Å². The topological polar surface area (TPSA) is 69.6 Å². The Morgan fingerprint density at radius 3 is 2.75 bits per heavy atom. The van der Waals surface area contributed by atoms with Gasteiger partial charge >= 0.3 is 0 Å². The molecule has 0 atom stereocenters. The second-order valence-electron chi connectivity index (χ2n) is 3.76. The molecule has 0 radical (unpaired) electrons. The zero-order chi connectivity index (χ0) is 11.5. The van der Waals surface area contributed by atoms with Crippen LogP contribution in [0.4, 0.5) is 5.82 Å². The minimum absolute atomic E-state index is 0.435. The first kappa shape index (κ1) is 10.6. The Kier molecular flexibility index (Phi) is 2.85. The molecule has 0 amide bonds. The van der Waals surface area contributed by atoms with Crippen LogP contribution in [0, 0.1) is 0 Å². The predicted octanol–water partition coefficient (Wildman–Crippen LogP) is 1.41. The zero-order valence-electron chi connectivity index (χ0n) is 9.51. The van der Waals surface area contributed by atoms with Crippen molar-refractivity contribution in [3.8, 4) is 11.3 Å². The van der Waals surface area contributed by atoms with Crippen molar-refractivity contribution in [2.75, 3.05) is 5.73 Å². The first-order chi connectivity index (χ1) is 7.70. The summed E-state index contributed by atoms with van der Waals surface area (Å²) < 4.78 is 1.80. The molecule has 16 heavy (non-hydrogen) atoms. The van der Waals surface area contributed by atoms with Crippen LogP contribution in [0.15, 0.2) is 18.3 Å². The van der Waals surface area contributed by atoms with Crippen LogP contribution >= 0.6 is 0 Å². The molecule has 5 nitrogen and oxygen atoms in total. The predicted molar refractivity (Wildman–Crippen MR) is 62.6 cm³/mol. The van der Waals surface area contributed by atoms with Gasteiger partial charge in [-0.25, -0.2) is 0 Å². The summed E-state index contributed by atoms with van der Waals surface area (Å²) in [4.78, 5) is 0. The average molecular weight is 217 g/mol. The van der Waals surface area contributed by atoms with Gasteiger partial charge in [0.25, 0.3) is 0 Å². The zero-order valence-corrected chi connectivity index (χ0v) is 9.51. The van der Waals surface area contributed by atoms with Gasteiger partial charge in [0.2, 0.25) is 0 Å². The van der Waals surface area contributed by atoms with Gasteiger partial charge in [0, 0.05) is 18.8 Å². The minimum Gasteiger partial charge on any atom is -0.382 e. The van der Waals surface area contributed by atoms with Gasteiger partial charge in [-0.3, -0.25) is 4.68 Å². The van der Waals surface area contributed by atoms with Gasteiger partial charge < -0.3 is 5.73 Å². The quantitative estimate of drug-likeness (QED) is 0.844. The molecular formula is C11H15N5. The van der Waals surface area contributed by atoms with Crippen molar-refractivity contribution in [3.05, 3.63) is 24.0 Å². The van der Waals surface area contributed by atoms with E-state index in [2.05, 4.69) is 22.2 Å². The second-order valence-corrected chi connectivity index (χ2v) is 3.76. The van der Waals surface area contributed by atoms with Crippen molar-refractivity contribution >= 4 is 5.82 Å². The molecule has 2 rings (SSSR count). The molecule has 0 unspecified atom stereocenters. The van der Waals surface area contributed by atoms with Crippen LogP contribution in [0.25, 0.3) is 11.3 Å². The molecule has 0 fully saturated rings. The lowest BCUT2D eigenvalue weighted by Crippen LogP contribution is -1.95. The monoisotopic (exact) mass is 217 g/mol. The lowest BCUT2D eigenvalue weighted by molar-refractivity contribution is 0.733. The number of hydrogen-bond donors (Lipinski definition) is 1. The van der Waals surface area contributed by atoms with Crippen LogP contribution in [-0.4, -0.2) is 20.0 Å². The maximum Gasteiger partial charge on any atom is 0.146 e. The molecule has 0 aliphatic carbocycles. The smallest absolute Gasteiger partial charge is 0.146 e. The summed E-state index contributed by atoms with van der Waals surface area (Å²) >= 11 is 0. The van der Waals surface area contributed by atoms with E-state index in [4.69, 9.17) is 5.73 Å². The van der Waals surface area contributed by atoms with E-state index in [1.54, 1.807) is 10.7 Å². The lowest BCUT2D eigenvalue weighted by Gasteiger charge is -1.99. The Bertz CT molecular complexity index is 472. The van der Waals surface area contributed by atoms with E-state index in [1.165, 1.54) is 0 Å². The number of hydrogen-bond acceptors (Lipinski definition) is 4. The highest BCUT2D eigenvalue weighted by molar-refractivity contribution is 5.61. The molecule has 0 aliphatic heterocycles. The van der Waals surface area contributed by atoms with Gasteiger partial charge in [-0.05, 0) is 18.6 Å². The maximum absolute atomic E-state index is 5.51. The fraction of sp³-hybridized carbons (Fsp3) is 0.364. The summed E-state index contributed by atoms with van der Waals surface area (Å²) in [6, 6.07) is 3.63. The molecule has 0 aromatic carbocycles. The number of aromatic nitrogens is 4. The van der Waals surface area contributed by atoms with Gasteiger partial charge in [0.15, 0.2) is 0 Å². The van der Waals surface area contributed by atoms with Crippen molar-refractivity contribution in [2.45, 2.75) is 19.8 Å². The number of rotatable bonds is 3. The summed E-state index contributed by atoms with van der Waals surface area (Å²) in [6.45, 7) is 2.13. The molecule has 0 saturated carbocycles. The highest BCUT2D eigenvalue weighted by atomic mass is 15.3. The molecule has 0 saturated heterocycles. The van der Waals surface area contributed by atoms with Gasteiger partial charge in [0.05, 0.1) is 11.4 Å². The molecule has 2 heterocycles. The molecule has 5 heteroatoms. The van der Waals surface area contributed by atoms with Gasteiger partial charge in [-0.2, -0.15) is 5.10 Å². The minimum atomic E-state index is 0.435. The number of anilines is 1. The van der Waals surface area contributed by atoms with Crippen molar-refractivity contribution in [1.29, 1.82) is 0 Å². The summed E-state index contributed by atoms with van der Waals surface area (Å²) in [5.74, 6) is 0.435. The summed E-state index contributed by atoms with van der Waals surface area (Å²) in [6.07, 6.45) is 3.97. The normalized spacial score (nSPS) is 10.6. The average Bonchev–Trinajstić information content (AvgIpc) is 2.61.